The Labute approximate surface area is 285 Å². The number of likely N-dealkylation sites (tertiary alicyclic amines) is 2. The number of carbonyl (C=O) groups excluding carboxylic acids is 2. The van der Waals surface area contributed by atoms with Crippen molar-refractivity contribution < 1.29 is 27.5 Å². The lowest BCUT2D eigenvalue weighted by atomic mass is 9.89. The van der Waals surface area contributed by atoms with Crippen molar-refractivity contribution >= 4 is 28.4 Å². The van der Waals surface area contributed by atoms with Gasteiger partial charge < -0.3 is 15.0 Å². The van der Waals surface area contributed by atoms with Gasteiger partial charge in [0.1, 0.15) is 11.4 Å². The van der Waals surface area contributed by atoms with E-state index in [0.717, 1.165) is 30.7 Å². The number of carbonyl (C=O) groups is 2. The molecule has 0 aliphatic carbocycles. The van der Waals surface area contributed by atoms with E-state index in [1.54, 1.807) is 36.7 Å². The second-order valence-electron chi connectivity index (χ2n) is 12.7. The maximum atomic E-state index is 13.6. The van der Waals surface area contributed by atoms with Crippen molar-refractivity contribution in [1.29, 1.82) is 0 Å². The van der Waals surface area contributed by atoms with E-state index in [2.05, 4.69) is 42.6 Å². The number of ether oxygens (including phenoxy) is 1. The van der Waals surface area contributed by atoms with Gasteiger partial charge in [-0.05, 0) is 67.1 Å². The molecule has 50 heavy (non-hydrogen) atoms. The molecule has 5 aromatic rings. The van der Waals surface area contributed by atoms with E-state index < -0.39 is 17.5 Å². The molecule has 2 saturated heterocycles. The van der Waals surface area contributed by atoms with Gasteiger partial charge in [-0.15, -0.1) is 0 Å². The molecule has 7 rings (SSSR count). The Bertz CT molecular complexity index is 2000. The fraction of sp³-hybridized carbons (Fsp3) is 0.333. The van der Waals surface area contributed by atoms with Crippen LogP contribution in [-0.4, -0.2) is 92.2 Å². The molecule has 0 spiro atoms. The molecule has 2 aromatic carbocycles. The van der Waals surface area contributed by atoms with Gasteiger partial charge in [0.05, 0.1) is 12.1 Å². The van der Waals surface area contributed by atoms with Gasteiger partial charge in [-0.3, -0.25) is 24.6 Å². The predicted octanol–water partition coefficient (Wildman–Crippen LogP) is 5.54. The number of aromatic amines is 1. The minimum Gasteiger partial charge on any atom is -0.367 e. The van der Waals surface area contributed by atoms with Crippen LogP contribution in [0, 0.1) is 0 Å². The standard InChI is InChI=1S/C36H35F3N8O3/c1-50-35(34(49)43-27-7-8-29-28(20-27)32(45-44-29)26-9-15-40-30(19-26)36(37,38)39)12-18-46(22-35)21-31(48)47-16-10-24(11-17-47)23-3-5-25(6-4-23)33-41-13-2-14-42-33/h2-9,13-15,19-20,24H,10-12,16-18,21-22H2,1H3,(H,43,49)(H,44,45)/t35-/m0/s1. The van der Waals surface area contributed by atoms with Crippen LogP contribution in [-0.2, 0) is 20.5 Å². The molecule has 258 valence electrons. The molecule has 2 aliphatic heterocycles. The van der Waals surface area contributed by atoms with Gasteiger partial charge >= 0.3 is 6.18 Å². The molecule has 14 heteroatoms. The molecule has 2 fully saturated rings. The zero-order chi connectivity index (χ0) is 34.9. The van der Waals surface area contributed by atoms with Crippen LogP contribution in [0.15, 0.2) is 79.3 Å². The monoisotopic (exact) mass is 684 g/mol. The van der Waals surface area contributed by atoms with E-state index in [-0.39, 0.29) is 30.5 Å². The van der Waals surface area contributed by atoms with Crippen LogP contribution in [0.3, 0.4) is 0 Å². The Morgan fingerprint density at radius 3 is 2.44 bits per heavy atom. The number of nitrogens with one attached hydrogen (secondary N) is 2. The van der Waals surface area contributed by atoms with E-state index in [9.17, 15) is 22.8 Å². The number of hydrogen-bond acceptors (Lipinski definition) is 8. The number of hydrogen-bond donors (Lipinski definition) is 2. The number of pyridine rings is 1. The van der Waals surface area contributed by atoms with Crippen molar-refractivity contribution in [3.63, 3.8) is 0 Å². The lowest BCUT2D eigenvalue weighted by Crippen LogP contribution is -2.48. The molecule has 0 bridgehead atoms. The third-order valence-corrected chi connectivity index (χ3v) is 9.67. The van der Waals surface area contributed by atoms with Gasteiger partial charge in [-0.1, -0.05) is 24.3 Å². The molecule has 0 unspecified atom stereocenters. The second kappa shape index (κ2) is 13.6. The smallest absolute Gasteiger partial charge is 0.367 e. The Hall–Kier alpha value is -5.21. The first-order chi connectivity index (χ1) is 24.1. The van der Waals surface area contributed by atoms with E-state index in [1.165, 1.54) is 18.7 Å². The topological polar surface area (TPSA) is 129 Å². The first-order valence-electron chi connectivity index (χ1n) is 16.4. The van der Waals surface area contributed by atoms with Crippen molar-refractivity contribution in [2.75, 3.05) is 45.2 Å². The fourth-order valence-corrected chi connectivity index (χ4v) is 6.83. The highest BCUT2D eigenvalue weighted by atomic mass is 19.4. The molecule has 2 aliphatic rings. The van der Waals surface area contributed by atoms with E-state index in [0.29, 0.717) is 60.1 Å². The third kappa shape index (κ3) is 6.81. The number of anilines is 1. The van der Waals surface area contributed by atoms with E-state index >= 15 is 0 Å². The number of aromatic nitrogens is 5. The number of nitrogens with zero attached hydrogens (tertiary/aromatic N) is 6. The number of fused-ring (bicyclic) bond motifs is 1. The summed E-state index contributed by atoms with van der Waals surface area (Å²) in [5.41, 5.74) is 1.58. The zero-order valence-electron chi connectivity index (χ0n) is 27.3. The summed E-state index contributed by atoms with van der Waals surface area (Å²) in [6, 6.07) is 17.6. The van der Waals surface area contributed by atoms with Gasteiger partial charge in [0, 0.05) is 74.1 Å². The van der Waals surface area contributed by atoms with Crippen molar-refractivity contribution in [3.8, 4) is 22.6 Å². The number of piperidine rings is 1. The molecular weight excluding hydrogens is 649 g/mol. The summed E-state index contributed by atoms with van der Waals surface area (Å²) in [5, 5.41) is 10.5. The molecule has 0 saturated carbocycles. The number of methoxy groups -OCH3 is 1. The summed E-state index contributed by atoms with van der Waals surface area (Å²) in [7, 11) is 1.48. The number of amides is 2. The largest absolute Gasteiger partial charge is 0.433 e. The quantitative estimate of drug-likeness (QED) is 0.218. The summed E-state index contributed by atoms with van der Waals surface area (Å²) < 4.78 is 45.6. The normalized spacial score (nSPS) is 18.8. The summed E-state index contributed by atoms with van der Waals surface area (Å²) in [6.45, 7) is 2.25. The van der Waals surface area contributed by atoms with Crippen molar-refractivity contribution in [2.45, 2.75) is 37.0 Å². The summed E-state index contributed by atoms with van der Waals surface area (Å²) in [4.78, 5) is 42.9. The van der Waals surface area contributed by atoms with Gasteiger partial charge in [0.2, 0.25) is 5.91 Å². The summed E-state index contributed by atoms with van der Waals surface area (Å²) >= 11 is 0. The average Bonchev–Trinajstić information content (AvgIpc) is 3.76. The summed E-state index contributed by atoms with van der Waals surface area (Å²) in [6.07, 6.45) is 2.07. The molecule has 3 aromatic heterocycles. The molecule has 0 radical (unpaired) electrons. The fourth-order valence-electron chi connectivity index (χ4n) is 6.83. The molecular formula is C36H35F3N8O3. The SMILES string of the molecule is CO[C@@]1(C(=O)Nc2ccc3[nH]nc(-c4ccnc(C(F)(F)F)c4)c3c2)CCN(CC(=O)N2CCC(c3ccc(-c4ncccn4)cc3)CC2)C1. The average molecular weight is 685 g/mol. The zero-order valence-corrected chi connectivity index (χ0v) is 27.3. The third-order valence-electron chi connectivity index (χ3n) is 9.67. The van der Waals surface area contributed by atoms with Gasteiger partial charge in [-0.2, -0.15) is 18.3 Å². The first kappa shape index (κ1) is 33.3. The van der Waals surface area contributed by atoms with E-state index in [1.807, 2.05) is 21.9 Å². The lowest BCUT2D eigenvalue weighted by Gasteiger charge is -2.33. The molecule has 2 N–H and O–H groups in total. The van der Waals surface area contributed by atoms with Crippen LogP contribution < -0.4 is 5.32 Å². The van der Waals surface area contributed by atoms with Crippen molar-refractivity contribution in [2.24, 2.45) is 0 Å². The van der Waals surface area contributed by atoms with Crippen LogP contribution >= 0.6 is 0 Å². The molecule has 11 nitrogen and oxygen atoms in total. The Balaban J connectivity index is 0.951. The Morgan fingerprint density at radius 2 is 1.72 bits per heavy atom. The van der Waals surface area contributed by atoms with Crippen LogP contribution in [0.5, 0.6) is 0 Å². The van der Waals surface area contributed by atoms with E-state index in [4.69, 9.17) is 4.74 Å². The Morgan fingerprint density at radius 1 is 0.960 bits per heavy atom. The van der Waals surface area contributed by atoms with Crippen LogP contribution in [0.1, 0.15) is 36.4 Å². The van der Waals surface area contributed by atoms with Crippen LogP contribution in [0.2, 0.25) is 0 Å². The second-order valence-corrected chi connectivity index (χ2v) is 12.7. The molecule has 5 heterocycles. The number of alkyl halides is 3. The maximum absolute atomic E-state index is 13.6. The predicted molar refractivity (Wildman–Crippen MR) is 180 cm³/mol. The minimum absolute atomic E-state index is 0.0232. The van der Waals surface area contributed by atoms with Gasteiger partial charge in [0.15, 0.2) is 11.4 Å². The van der Waals surface area contributed by atoms with Gasteiger partial charge in [0.25, 0.3) is 5.91 Å². The maximum Gasteiger partial charge on any atom is 0.433 e. The summed E-state index contributed by atoms with van der Waals surface area (Å²) in [5.74, 6) is 0.709. The first-order valence-corrected chi connectivity index (χ1v) is 16.4. The highest BCUT2D eigenvalue weighted by molar-refractivity contribution is 6.01. The number of halogens is 3. The van der Waals surface area contributed by atoms with Crippen molar-refractivity contribution in [1.82, 2.24) is 34.9 Å². The minimum atomic E-state index is -4.60. The number of H-pyrrole nitrogens is 1. The lowest BCUT2D eigenvalue weighted by molar-refractivity contribution is -0.141. The highest BCUT2D eigenvalue weighted by Gasteiger charge is 2.46. The molecule has 2 amide bonds. The van der Waals surface area contributed by atoms with Crippen molar-refractivity contribution in [3.05, 3.63) is 90.5 Å². The van der Waals surface area contributed by atoms with Crippen LogP contribution in [0.25, 0.3) is 33.5 Å². The number of benzene rings is 2. The Kier molecular flexibility index (Phi) is 9.05. The molecule has 1 atom stereocenters. The highest BCUT2D eigenvalue weighted by Crippen LogP contribution is 2.34. The van der Waals surface area contributed by atoms with Crippen LogP contribution in [0.4, 0.5) is 18.9 Å². The van der Waals surface area contributed by atoms with Gasteiger partial charge in [-0.25, -0.2) is 9.97 Å². The number of rotatable bonds is 8.